The van der Waals surface area contributed by atoms with E-state index in [0.717, 1.165) is 30.1 Å². The van der Waals surface area contributed by atoms with Crippen LogP contribution in [-0.2, 0) is 11.2 Å². The first-order chi connectivity index (χ1) is 13.1. The number of carbonyl (C=O) groups excluding carboxylic acids is 1. The lowest BCUT2D eigenvalue weighted by atomic mass is 10.0. The predicted molar refractivity (Wildman–Crippen MR) is 104 cm³/mol. The fourth-order valence-electron chi connectivity index (χ4n) is 3.62. The minimum absolute atomic E-state index is 0.000596. The third kappa shape index (κ3) is 3.65. The number of aliphatic imine (C=N–C) groups is 1. The van der Waals surface area contributed by atoms with Gasteiger partial charge in [0.05, 0.1) is 12.8 Å². The van der Waals surface area contributed by atoms with Gasteiger partial charge in [-0.15, -0.1) is 0 Å². The van der Waals surface area contributed by atoms with Crippen molar-refractivity contribution in [3.63, 3.8) is 0 Å². The Morgan fingerprint density at radius 2 is 1.78 bits per heavy atom. The molecule has 2 heterocycles. The van der Waals surface area contributed by atoms with Crippen molar-refractivity contribution < 1.29 is 13.9 Å². The molecule has 2 aromatic rings. The van der Waals surface area contributed by atoms with Gasteiger partial charge in [-0.2, -0.15) is 0 Å². The minimum Gasteiger partial charge on any atom is -0.497 e. The van der Waals surface area contributed by atoms with Gasteiger partial charge in [-0.25, -0.2) is 9.38 Å². The van der Waals surface area contributed by atoms with E-state index in [-0.39, 0.29) is 11.7 Å². The average molecular weight is 367 g/mol. The number of methoxy groups -OCH3 is 1. The number of rotatable bonds is 3. The van der Waals surface area contributed by atoms with Gasteiger partial charge in [-0.3, -0.25) is 4.79 Å². The molecule has 5 nitrogen and oxygen atoms in total. The van der Waals surface area contributed by atoms with E-state index in [0.29, 0.717) is 37.3 Å². The monoisotopic (exact) mass is 367 g/mol. The quantitative estimate of drug-likeness (QED) is 0.837. The van der Waals surface area contributed by atoms with E-state index in [9.17, 15) is 9.18 Å². The summed E-state index contributed by atoms with van der Waals surface area (Å²) < 4.78 is 18.5. The van der Waals surface area contributed by atoms with Gasteiger partial charge in [0.2, 0.25) is 0 Å². The Balaban J connectivity index is 1.40. The molecular formula is C21H22FN3O2. The second-order valence-corrected chi connectivity index (χ2v) is 6.81. The summed E-state index contributed by atoms with van der Waals surface area (Å²) in [5.74, 6) is 0.579. The second kappa shape index (κ2) is 7.39. The first-order valence-electron chi connectivity index (χ1n) is 9.18. The highest BCUT2D eigenvalue weighted by atomic mass is 19.1. The van der Waals surface area contributed by atoms with Crippen molar-refractivity contribution in [2.45, 2.75) is 12.8 Å². The number of hydrogen-bond acceptors (Lipinski definition) is 4. The number of ether oxygens (including phenoxy) is 1. The molecule has 2 aliphatic heterocycles. The molecular weight excluding hydrogens is 345 g/mol. The molecule has 140 valence electrons. The van der Waals surface area contributed by atoms with Crippen molar-refractivity contribution in [1.29, 1.82) is 0 Å². The van der Waals surface area contributed by atoms with Crippen LogP contribution in [0.3, 0.4) is 0 Å². The number of amides is 1. The Kier molecular flexibility index (Phi) is 4.79. The number of fused-ring (bicyclic) bond motifs is 1. The van der Waals surface area contributed by atoms with Crippen LogP contribution in [0.1, 0.15) is 12.0 Å². The standard InChI is InChI=1S/C21H22FN3O2/c1-27-18-6-4-17(5-7-18)24-10-12-25(13-11-24)21(26)20-8-2-15-14-16(22)3-9-19(15)23-20/h3-7,9,14H,2,8,10-13H2,1H3. The number of benzene rings is 2. The SMILES string of the molecule is COc1ccc(N2CCN(C(=O)C3=Nc4ccc(F)cc4CC3)CC2)cc1. The molecule has 0 unspecified atom stereocenters. The van der Waals surface area contributed by atoms with Crippen LogP contribution in [0.4, 0.5) is 15.8 Å². The number of carbonyl (C=O) groups is 1. The van der Waals surface area contributed by atoms with E-state index in [4.69, 9.17) is 4.74 Å². The molecule has 1 saturated heterocycles. The predicted octanol–water partition coefficient (Wildman–Crippen LogP) is 3.20. The molecule has 1 fully saturated rings. The largest absolute Gasteiger partial charge is 0.497 e. The molecule has 0 aliphatic carbocycles. The zero-order chi connectivity index (χ0) is 18.8. The van der Waals surface area contributed by atoms with Crippen LogP contribution >= 0.6 is 0 Å². The zero-order valence-corrected chi connectivity index (χ0v) is 15.3. The first-order valence-corrected chi connectivity index (χ1v) is 9.18. The third-order valence-electron chi connectivity index (χ3n) is 5.18. The van der Waals surface area contributed by atoms with Crippen LogP contribution in [0.2, 0.25) is 0 Å². The molecule has 0 atom stereocenters. The van der Waals surface area contributed by atoms with Crippen molar-refractivity contribution in [2.24, 2.45) is 4.99 Å². The molecule has 1 amide bonds. The number of anilines is 1. The fraction of sp³-hybridized carbons (Fsp3) is 0.333. The van der Waals surface area contributed by atoms with Gasteiger partial charge >= 0.3 is 0 Å². The van der Waals surface area contributed by atoms with E-state index in [2.05, 4.69) is 9.89 Å². The topological polar surface area (TPSA) is 45.1 Å². The maximum atomic E-state index is 13.3. The summed E-state index contributed by atoms with van der Waals surface area (Å²) >= 11 is 0. The number of hydrogen-bond donors (Lipinski definition) is 0. The second-order valence-electron chi connectivity index (χ2n) is 6.81. The Morgan fingerprint density at radius 1 is 1.04 bits per heavy atom. The van der Waals surface area contributed by atoms with Gasteiger partial charge in [-0.05, 0) is 60.9 Å². The van der Waals surface area contributed by atoms with Gasteiger partial charge in [0.25, 0.3) is 5.91 Å². The lowest BCUT2D eigenvalue weighted by Gasteiger charge is -2.36. The summed E-state index contributed by atoms with van der Waals surface area (Å²) in [6.45, 7) is 2.90. The van der Waals surface area contributed by atoms with Crippen molar-refractivity contribution in [3.05, 3.63) is 53.8 Å². The van der Waals surface area contributed by atoms with Crippen molar-refractivity contribution in [3.8, 4) is 5.75 Å². The highest BCUT2D eigenvalue weighted by molar-refractivity contribution is 6.39. The van der Waals surface area contributed by atoms with E-state index in [1.54, 1.807) is 13.2 Å². The highest BCUT2D eigenvalue weighted by Gasteiger charge is 2.26. The maximum absolute atomic E-state index is 13.3. The minimum atomic E-state index is -0.256. The van der Waals surface area contributed by atoms with Gasteiger partial charge in [0.1, 0.15) is 17.3 Å². The Morgan fingerprint density at radius 3 is 2.48 bits per heavy atom. The molecule has 0 N–H and O–H groups in total. The Labute approximate surface area is 158 Å². The van der Waals surface area contributed by atoms with E-state index in [1.807, 2.05) is 29.2 Å². The van der Waals surface area contributed by atoms with Crippen LogP contribution < -0.4 is 9.64 Å². The molecule has 27 heavy (non-hydrogen) atoms. The summed E-state index contributed by atoms with van der Waals surface area (Å²) in [4.78, 5) is 21.5. The summed E-state index contributed by atoms with van der Waals surface area (Å²) in [5.41, 5.74) is 3.29. The molecule has 6 heteroatoms. The highest BCUT2D eigenvalue weighted by Crippen LogP contribution is 2.27. The number of piperazine rings is 1. The summed E-state index contributed by atoms with van der Waals surface area (Å²) in [6.07, 6.45) is 1.22. The van der Waals surface area contributed by atoms with Gasteiger partial charge < -0.3 is 14.5 Å². The fourth-order valence-corrected chi connectivity index (χ4v) is 3.62. The first kappa shape index (κ1) is 17.5. The summed E-state index contributed by atoms with van der Waals surface area (Å²) in [5, 5.41) is 0. The molecule has 2 aliphatic rings. The lowest BCUT2D eigenvalue weighted by molar-refractivity contribution is -0.124. The third-order valence-corrected chi connectivity index (χ3v) is 5.18. The van der Waals surface area contributed by atoms with E-state index in [1.165, 1.54) is 12.1 Å². The zero-order valence-electron chi connectivity index (χ0n) is 15.3. The van der Waals surface area contributed by atoms with Crippen molar-refractivity contribution >= 4 is 23.0 Å². The number of nitrogens with zero attached hydrogens (tertiary/aromatic N) is 3. The van der Waals surface area contributed by atoms with E-state index < -0.39 is 0 Å². The van der Waals surface area contributed by atoms with Crippen LogP contribution in [-0.4, -0.2) is 49.8 Å². The van der Waals surface area contributed by atoms with Crippen molar-refractivity contribution in [1.82, 2.24) is 4.90 Å². The molecule has 0 saturated carbocycles. The van der Waals surface area contributed by atoms with Crippen LogP contribution in [0.5, 0.6) is 5.75 Å². The van der Waals surface area contributed by atoms with Crippen LogP contribution in [0.25, 0.3) is 0 Å². The Hall–Kier alpha value is -2.89. The smallest absolute Gasteiger partial charge is 0.268 e. The molecule has 0 aromatic heterocycles. The molecule has 4 rings (SSSR count). The van der Waals surface area contributed by atoms with Gasteiger partial charge in [0.15, 0.2) is 0 Å². The molecule has 0 spiro atoms. The van der Waals surface area contributed by atoms with Gasteiger partial charge in [0, 0.05) is 31.9 Å². The average Bonchev–Trinajstić information content (AvgIpc) is 2.73. The molecule has 2 aromatic carbocycles. The van der Waals surface area contributed by atoms with Gasteiger partial charge in [-0.1, -0.05) is 0 Å². The molecule has 0 bridgehead atoms. The van der Waals surface area contributed by atoms with Crippen LogP contribution in [0.15, 0.2) is 47.5 Å². The summed E-state index contributed by atoms with van der Waals surface area (Å²) in [7, 11) is 1.66. The molecule has 0 radical (unpaired) electrons. The number of halogens is 1. The summed E-state index contributed by atoms with van der Waals surface area (Å²) in [6, 6.07) is 12.5. The lowest BCUT2D eigenvalue weighted by Crippen LogP contribution is -2.50. The van der Waals surface area contributed by atoms with Crippen molar-refractivity contribution in [2.75, 3.05) is 38.2 Å². The number of aryl methyl sites for hydroxylation is 1. The Bertz CT molecular complexity index is 871. The van der Waals surface area contributed by atoms with Crippen LogP contribution in [0, 0.1) is 5.82 Å². The normalized spacial score (nSPS) is 16.6. The maximum Gasteiger partial charge on any atom is 0.268 e. The van der Waals surface area contributed by atoms with E-state index >= 15 is 0 Å².